The number of rotatable bonds is 10. The van der Waals surface area contributed by atoms with Crippen LogP contribution in [0, 0.1) is 21.4 Å². The molecular weight excluding hydrogens is 530 g/mol. The number of methoxy groups -OCH3 is 1. The lowest BCUT2D eigenvalue weighted by Gasteiger charge is -2.13. The standard InChI is InChI=1S/C26H22BrN3O6/c1-3-35-22-6-4-5-20(13-22)29-26(31)19(15-28)11-18-12-24(34-2)25(14-23(18)27)36-16-17-7-9-21(10-8-17)30(32)33/h4-14H,3,16H2,1-2H3,(H,29,31)/b19-11-. The van der Waals surface area contributed by atoms with Crippen molar-refractivity contribution in [3.8, 4) is 23.3 Å². The summed E-state index contributed by atoms with van der Waals surface area (Å²) in [4.78, 5) is 23.1. The fourth-order valence-electron chi connectivity index (χ4n) is 3.14. The highest BCUT2D eigenvalue weighted by Gasteiger charge is 2.15. The average Bonchev–Trinajstić information content (AvgIpc) is 2.87. The number of hydrogen-bond acceptors (Lipinski definition) is 7. The topological polar surface area (TPSA) is 124 Å². The quantitative estimate of drug-likeness (QED) is 0.144. The van der Waals surface area contributed by atoms with Gasteiger partial charge in [-0.05, 0) is 60.5 Å². The molecule has 0 aliphatic carbocycles. The number of hydrogen-bond donors (Lipinski definition) is 1. The molecule has 184 valence electrons. The normalized spacial score (nSPS) is 10.8. The van der Waals surface area contributed by atoms with Crippen LogP contribution >= 0.6 is 15.9 Å². The fourth-order valence-corrected chi connectivity index (χ4v) is 3.58. The van der Waals surface area contributed by atoms with Gasteiger partial charge in [-0.25, -0.2) is 0 Å². The summed E-state index contributed by atoms with van der Waals surface area (Å²) in [6.07, 6.45) is 1.44. The molecule has 3 aromatic carbocycles. The predicted octanol–water partition coefficient (Wildman–Crippen LogP) is 5.89. The Morgan fingerprint density at radius 3 is 2.53 bits per heavy atom. The van der Waals surface area contributed by atoms with E-state index in [9.17, 15) is 20.2 Å². The minimum atomic E-state index is -0.574. The van der Waals surface area contributed by atoms with Gasteiger partial charge in [-0.1, -0.05) is 22.0 Å². The van der Waals surface area contributed by atoms with E-state index in [0.717, 1.165) is 5.56 Å². The number of ether oxygens (including phenoxy) is 3. The number of nitriles is 1. The van der Waals surface area contributed by atoms with Gasteiger partial charge in [0.1, 0.15) is 24.0 Å². The molecule has 0 saturated carbocycles. The Bertz CT molecular complexity index is 1330. The molecule has 9 nitrogen and oxygen atoms in total. The van der Waals surface area contributed by atoms with Crippen LogP contribution in [0.4, 0.5) is 11.4 Å². The number of carbonyl (C=O) groups excluding carboxylic acids is 1. The molecule has 3 aromatic rings. The summed E-state index contributed by atoms with van der Waals surface area (Å²) in [5.41, 5.74) is 1.65. The first-order valence-electron chi connectivity index (χ1n) is 10.7. The Morgan fingerprint density at radius 1 is 1.14 bits per heavy atom. The van der Waals surface area contributed by atoms with Gasteiger partial charge in [-0.15, -0.1) is 0 Å². The smallest absolute Gasteiger partial charge is 0.269 e. The molecule has 0 saturated heterocycles. The van der Waals surface area contributed by atoms with E-state index in [0.29, 0.717) is 39.6 Å². The minimum Gasteiger partial charge on any atom is -0.494 e. The van der Waals surface area contributed by atoms with Gasteiger partial charge in [0.05, 0.1) is 18.6 Å². The second kappa shape index (κ2) is 12.4. The number of nitrogens with zero attached hydrogens (tertiary/aromatic N) is 2. The Balaban J connectivity index is 1.78. The third-order valence-corrected chi connectivity index (χ3v) is 5.58. The molecule has 0 aliphatic heterocycles. The van der Waals surface area contributed by atoms with Gasteiger partial charge in [0.15, 0.2) is 11.5 Å². The zero-order chi connectivity index (χ0) is 26.1. The SMILES string of the molecule is CCOc1cccc(NC(=O)/C(C#N)=C\c2cc(OC)c(OCc3ccc([N+](=O)[O-])cc3)cc2Br)c1. The van der Waals surface area contributed by atoms with Gasteiger partial charge in [0.25, 0.3) is 11.6 Å². The van der Waals surface area contributed by atoms with E-state index in [1.54, 1.807) is 48.5 Å². The number of non-ortho nitro benzene ring substituents is 1. The van der Waals surface area contributed by atoms with E-state index in [1.807, 2.05) is 13.0 Å². The average molecular weight is 552 g/mol. The molecular formula is C26H22BrN3O6. The number of amides is 1. The van der Waals surface area contributed by atoms with Gasteiger partial charge in [0, 0.05) is 28.4 Å². The highest BCUT2D eigenvalue weighted by Crippen LogP contribution is 2.35. The molecule has 36 heavy (non-hydrogen) atoms. The van der Waals surface area contributed by atoms with Crippen LogP contribution in [0.1, 0.15) is 18.1 Å². The largest absolute Gasteiger partial charge is 0.494 e. The Morgan fingerprint density at radius 2 is 1.89 bits per heavy atom. The molecule has 0 aromatic heterocycles. The van der Waals surface area contributed by atoms with E-state index in [-0.39, 0.29) is 17.9 Å². The lowest BCUT2D eigenvalue weighted by molar-refractivity contribution is -0.384. The molecule has 0 heterocycles. The third-order valence-electron chi connectivity index (χ3n) is 4.89. The number of anilines is 1. The van der Waals surface area contributed by atoms with Crippen LogP contribution in [0.3, 0.4) is 0 Å². The van der Waals surface area contributed by atoms with Gasteiger partial charge < -0.3 is 19.5 Å². The number of benzene rings is 3. The summed E-state index contributed by atoms with van der Waals surface area (Å²) in [5.74, 6) is 0.828. The zero-order valence-corrected chi connectivity index (χ0v) is 21.1. The molecule has 3 rings (SSSR count). The fraction of sp³-hybridized carbons (Fsp3) is 0.154. The molecule has 1 N–H and O–H groups in total. The van der Waals surface area contributed by atoms with Crippen molar-refractivity contribution in [2.75, 3.05) is 19.0 Å². The molecule has 0 bridgehead atoms. The van der Waals surface area contributed by atoms with Gasteiger partial charge in [-0.3, -0.25) is 14.9 Å². The monoisotopic (exact) mass is 551 g/mol. The highest BCUT2D eigenvalue weighted by molar-refractivity contribution is 9.10. The first-order valence-corrected chi connectivity index (χ1v) is 11.5. The van der Waals surface area contributed by atoms with E-state index in [2.05, 4.69) is 21.2 Å². The van der Waals surface area contributed by atoms with E-state index >= 15 is 0 Å². The van der Waals surface area contributed by atoms with Crippen molar-refractivity contribution in [3.05, 3.63) is 92.0 Å². The summed E-state index contributed by atoms with van der Waals surface area (Å²) < 4.78 is 17.3. The molecule has 10 heteroatoms. The van der Waals surface area contributed by atoms with Crippen molar-refractivity contribution in [2.24, 2.45) is 0 Å². The number of carbonyl (C=O) groups is 1. The van der Waals surface area contributed by atoms with Gasteiger partial charge in [-0.2, -0.15) is 5.26 Å². The molecule has 1 amide bonds. The second-order valence-electron chi connectivity index (χ2n) is 7.32. The highest BCUT2D eigenvalue weighted by atomic mass is 79.9. The van der Waals surface area contributed by atoms with E-state index in [1.165, 1.54) is 25.3 Å². The third kappa shape index (κ3) is 6.84. The molecule has 0 radical (unpaired) electrons. The lowest BCUT2D eigenvalue weighted by atomic mass is 10.1. The first-order chi connectivity index (χ1) is 17.3. The molecule has 0 fully saturated rings. The maximum atomic E-state index is 12.7. The van der Waals surface area contributed by atoms with Gasteiger partial charge in [0.2, 0.25) is 0 Å². The summed E-state index contributed by atoms with van der Waals surface area (Å²) in [7, 11) is 1.47. The van der Waals surface area contributed by atoms with Crippen molar-refractivity contribution in [3.63, 3.8) is 0 Å². The van der Waals surface area contributed by atoms with E-state index in [4.69, 9.17) is 14.2 Å². The first kappa shape index (κ1) is 26.2. The van der Waals surface area contributed by atoms with Crippen molar-refractivity contribution in [1.82, 2.24) is 0 Å². The van der Waals surface area contributed by atoms with Crippen molar-refractivity contribution >= 4 is 39.3 Å². The van der Waals surface area contributed by atoms with Crippen LogP contribution < -0.4 is 19.5 Å². The maximum absolute atomic E-state index is 12.7. The van der Waals surface area contributed by atoms with Crippen LogP contribution in [-0.4, -0.2) is 24.5 Å². The van der Waals surface area contributed by atoms with Crippen LogP contribution in [-0.2, 0) is 11.4 Å². The minimum absolute atomic E-state index is 0.00505. The van der Waals surface area contributed by atoms with E-state index < -0.39 is 10.8 Å². The number of nitro benzene ring substituents is 1. The molecule has 0 unspecified atom stereocenters. The molecule has 0 atom stereocenters. The van der Waals surface area contributed by atoms with Crippen molar-refractivity contribution in [2.45, 2.75) is 13.5 Å². The maximum Gasteiger partial charge on any atom is 0.269 e. The predicted molar refractivity (Wildman–Crippen MR) is 138 cm³/mol. The van der Waals surface area contributed by atoms with Crippen LogP contribution in [0.5, 0.6) is 17.2 Å². The van der Waals surface area contributed by atoms with Crippen LogP contribution in [0.2, 0.25) is 0 Å². The Labute approximate surface area is 216 Å². The summed E-state index contributed by atoms with van der Waals surface area (Å²) in [6, 6.07) is 18.1. The Kier molecular flexibility index (Phi) is 9.02. The molecule has 0 spiro atoms. The summed E-state index contributed by atoms with van der Waals surface area (Å²) in [5, 5.41) is 23.1. The van der Waals surface area contributed by atoms with Crippen LogP contribution in [0.15, 0.2) is 70.7 Å². The van der Waals surface area contributed by atoms with Crippen LogP contribution in [0.25, 0.3) is 6.08 Å². The van der Waals surface area contributed by atoms with Crippen molar-refractivity contribution < 1.29 is 23.9 Å². The zero-order valence-electron chi connectivity index (χ0n) is 19.5. The molecule has 0 aliphatic rings. The Hall–Kier alpha value is -4.36. The summed E-state index contributed by atoms with van der Waals surface area (Å²) in [6.45, 7) is 2.51. The number of halogens is 1. The summed E-state index contributed by atoms with van der Waals surface area (Å²) >= 11 is 3.45. The number of nitro groups is 1. The van der Waals surface area contributed by atoms with Gasteiger partial charge >= 0.3 is 0 Å². The lowest BCUT2D eigenvalue weighted by Crippen LogP contribution is -2.13. The second-order valence-corrected chi connectivity index (χ2v) is 8.18. The number of nitrogens with one attached hydrogen (secondary N) is 1. The van der Waals surface area contributed by atoms with Crippen molar-refractivity contribution in [1.29, 1.82) is 5.26 Å².